The quantitative estimate of drug-likeness (QED) is 0.0559. The third-order valence-corrected chi connectivity index (χ3v) is 6.54. The van der Waals surface area contributed by atoms with Crippen LogP contribution in [0.5, 0.6) is 5.75 Å². The summed E-state index contributed by atoms with van der Waals surface area (Å²) in [5.74, 6) is -2.23. The van der Waals surface area contributed by atoms with Crippen LogP contribution < -0.4 is 10.1 Å². The molecule has 1 unspecified atom stereocenters. The highest BCUT2D eigenvalue weighted by Gasteiger charge is 2.28. The fraction of sp³-hybridized carbons (Fsp3) is 0.486. The summed E-state index contributed by atoms with van der Waals surface area (Å²) in [7, 11) is 0. The lowest BCUT2D eigenvalue weighted by Crippen LogP contribution is -2.48. The number of esters is 1. The molecule has 0 aliphatic heterocycles. The molecule has 7 heteroatoms. The molecule has 1 rings (SSSR count). The SMILES string of the molecule is CC/C=C\C/C=C\C/C=C\C/C=C\C/C=C\CCCCO[C@@H](CC)C(=O)NC(CC(C)C)C(=O)Oc1ccccc1C(=O)O. The molecule has 0 saturated carbocycles. The monoisotopic (exact) mass is 607 g/mol. The number of unbranched alkanes of at least 4 members (excludes halogenated alkanes) is 2. The van der Waals surface area contributed by atoms with Crippen LogP contribution in [0.2, 0.25) is 0 Å². The molecule has 0 heterocycles. The van der Waals surface area contributed by atoms with Crippen molar-refractivity contribution in [3.05, 3.63) is 90.6 Å². The number of benzene rings is 1. The van der Waals surface area contributed by atoms with Crippen molar-refractivity contribution in [3.63, 3.8) is 0 Å². The van der Waals surface area contributed by atoms with E-state index in [-0.39, 0.29) is 23.1 Å². The minimum absolute atomic E-state index is 0.0520. The zero-order valence-corrected chi connectivity index (χ0v) is 27.1. The molecule has 1 amide bonds. The van der Waals surface area contributed by atoms with E-state index < -0.39 is 24.1 Å². The molecule has 0 aliphatic rings. The van der Waals surface area contributed by atoms with Gasteiger partial charge in [0.15, 0.2) is 0 Å². The van der Waals surface area contributed by atoms with Gasteiger partial charge in [0.1, 0.15) is 23.5 Å². The van der Waals surface area contributed by atoms with Gasteiger partial charge >= 0.3 is 11.9 Å². The standard InChI is InChI=1S/C37H53NO6/c1-5-7-8-9-10-11-12-13-14-15-16-17-18-19-20-21-22-25-28-43-33(6-2)35(39)38-32(29-30(3)4)37(42)44-34-27-24-23-26-31(34)36(40)41/h7-8,10-11,13-14,16-17,19-20,23-24,26-27,30,32-33H,5-6,9,12,15,18,21-22,25,28-29H2,1-4H3,(H,38,39)(H,40,41)/b8-7-,11-10-,14-13-,17-16-,20-19-/t32?,33-/m0/s1. The summed E-state index contributed by atoms with van der Waals surface area (Å²) in [5, 5.41) is 12.1. The van der Waals surface area contributed by atoms with Gasteiger partial charge in [0.05, 0.1) is 0 Å². The average molecular weight is 608 g/mol. The van der Waals surface area contributed by atoms with Gasteiger partial charge in [0.25, 0.3) is 0 Å². The lowest BCUT2D eigenvalue weighted by molar-refractivity contribution is -0.143. The largest absolute Gasteiger partial charge is 0.478 e. The first-order valence-corrected chi connectivity index (χ1v) is 16.0. The minimum atomic E-state index is -1.20. The molecule has 0 bridgehead atoms. The van der Waals surface area contributed by atoms with Gasteiger partial charge in [-0.25, -0.2) is 9.59 Å². The van der Waals surface area contributed by atoms with Crippen molar-refractivity contribution in [2.24, 2.45) is 5.92 Å². The maximum Gasteiger partial charge on any atom is 0.339 e. The number of aromatic carboxylic acids is 1. The number of ether oxygens (including phenoxy) is 2. The first-order valence-electron chi connectivity index (χ1n) is 16.0. The fourth-order valence-electron chi connectivity index (χ4n) is 4.20. The molecule has 0 saturated heterocycles. The van der Waals surface area contributed by atoms with E-state index in [9.17, 15) is 19.5 Å². The summed E-state index contributed by atoms with van der Waals surface area (Å²) in [5.41, 5.74) is -0.116. The summed E-state index contributed by atoms with van der Waals surface area (Å²) in [4.78, 5) is 37.4. The van der Waals surface area contributed by atoms with E-state index in [0.29, 0.717) is 19.4 Å². The van der Waals surface area contributed by atoms with Crippen LogP contribution in [-0.4, -0.2) is 41.7 Å². The number of rotatable bonds is 23. The van der Waals surface area contributed by atoms with E-state index in [1.807, 2.05) is 20.8 Å². The summed E-state index contributed by atoms with van der Waals surface area (Å²) in [6, 6.07) is 5.02. The van der Waals surface area contributed by atoms with Crippen molar-refractivity contribution >= 4 is 17.8 Å². The predicted octanol–water partition coefficient (Wildman–Crippen LogP) is 8.54. The lowest BCUT2D eigenvalue weighted by atomic mass is 10.0. The Hall–Kier alpha value is -3.71. The second kappa shape index (κ2) is 24.7. The number of carbonyl (C=O) groups excluding carboxylic acids is 2. The van der Waals surface area contributed by atoms with Crippen molar-refractivity contribution in [2.75, 3.05) is 6.61 Å². The highest BCUT2D eigenvalue weighted by molar-refractivity contribution is 5.93. The highest BCUT2D eigenvalue weighted by Crippen LogP contribution is 2.19. The number of amides is 1. The Morgan fingerprint density at radius 3 is 1.93 bits per heavy atom. The Morgan fingerprint density at radius 2 is 1.39 bits per heavy atom. The van der Waals surface area contributed by atoms with Gasteiger partial charge in [-0.05, 0) is 82.3 Å². The van der Waals surface area contributed by atoms with Crippen LogP contribution in [0.15, 0.2) is 85.0 Å². The van der Waals surface area contributed by atoms with Gasteiger partial charge in [-0.2, -0.15) is 0 Å². The normalized spacial score (nSPS) is 13.6. The molecule has 1 aromatic rings. The molecular formula is C37H53NO6. The average Bonchev–Trinajstić information content (AvgIpc) is 2.99. The van der Waals surface area contributed by atoms with E-state index in [0.717, 1.165) is 51.4 Å². The topological polar surface area (TPSA) is 102 Å². The Labute approximate surface area is 264 Å². The van der Waals surface area contributed by atoms with Crippen LogP contribution in [0.25, 0.3) is 0 Å². The molecule has 0 aromatic heterocycles. The number of carbonyl (C=O) groups is 3. The fourth-order valence-corrected chi connectivity index (χ4v) is 4.20. The molecule has 0 spiro atoms. The van der Waals surface area contributed by atoms with Gasteiger partial charge in [0.2, 0.25) is 5.91 Å². The molecule has 0 aliphatic carbocycles. The molecule has 2 atom stereocenters. The number of carboxylic acid groups (broad SMARTS) is 1. The van der Waals surface area contributed by atoms with E-state index in [1.165, 1.54) is 12.1 Å². The van der Waals surface area contributed by atoms with Crippen LogP contribution in [-0.2, 0) is 14.3 Å². The summed E-state index contributed by atoms with van der Waals surface area (Å²) < 4.78 is 11.2. The van der Waals surface area contributed by atoms with Crippen LogP contribution in [0.1, 0.15) is 102 Å². The van der Waals surface area contributed by atoms with Crippen molar-refractivity contribution in [2.45, 2.75) is 104 Å². The second-order valence-electron chi connectivity index (χ2n) is 10.9. The zero-order valence-electron chi connectivity index (χ0n) is 27.1. The highest BCUT2D eigenvalue weighted by atomic mass is 16.5. The maximum absolute atomic E-state index is 13.0. The molecule has 44 heavy (non-hydrogen) atoms. The molecule has 242 valence electrons. The van der Waals surface area contributed by atoms with E-state index in [1.54, 1.807) is 12.1 Å². The predicted molar refractivity (Wildman–Crippen MR) is 179 cm³/mol. The number of allylic oxidation sites excluding steroid dienone is 10. The number of hydrogen-bond donors (Lipinski definition) is 2. The second-order valence-corrected chi connectivity index (χ2v) is 10.9. The third kappa shape index (κ3) is 18.1. The van der Waals surface area contributed by atoms with Crippen LogP contribution in [0, 0.1) is 5.92 Å². The number of hydrogen-bond acceptors (Lipinski definition) is 5. The molecule has 2 N–H and O–H groups in total. The Balaban J connectivity index is 2.35. The Bertz CT molecular complexity index is 1110. The Kier molecular flexibility index (Phi) is 21.5. The molecule has 0 radical (unpaired) electrons. The van der Waals surface area contributed by atoms with Crippen LogP contribution in [0.4, 0.5) is 0 Å². The first kappa shape index (κ1) is 38.3. The maximum atomic E-state index is 13.0. The zero-order chi connectivity index (χ0) is 32.4. The molecule has 0 fully saturated rings. The van der Waals surface area contributed by atoms with E-state index in [2.05, 4.69) is 73.0 Å². The summed E-state index contributed by atoms with van der Waals surface area (Å²) in [6.45, 7) is 8.32. The van der Waals surface area contributed by atoms with Gasteiger partial charge < -0.3 is 19.9 Å². The molecular weight excluding hydrogens is 554 g/mol. The van der Waals surface area contributed by atoms with Gasteiger partial charge in [-0.3, -0.25) is 4.79 Å². The van der Waals surface area contributed by atoms with Crippen molar-refractivity contribution < 1.29 is 29.0 Å². The van der Waals surface area contributed by atoms with E-state index in [4.69, 9.17) is 9.47 Å². The van der Waals surface area contributed by atoms with Gasteiger partial charge in [0, 0.05) is 6.61 Å². The van der Waals surface area contributed by atoms with Crippen molar-refractivity contribution in [3.8, 4) is 5.75 Å². The van der Waals surface area contributed by atoms with E-state index >= 15 is 0 Å². The van der Waals surface area contributed by atoms with Crippen molar-refractivity contribution in [1.29, 1.82) is 0 Å². The van der Waals surface area contributed by atoms with Crippen LogP contribution >= 0.6 is 0 Å². The number of nitrogens with one attached hydrogen (secondary N) is 1. The minimum Gasteiger partial charge on any atom is -0.478 e. The molecule has 7 nitrogen and oxygen atoms in total. The number of carboxylic acids is 1. The van der Waals surface area contributed by atoms with Gasteiger partial charge in [-0.15, -0.1) is 0 Å². The lowest BCUT2D eigenvalue weighted by Gasteiger charge is -2.23. The van der Waals surface area contributed by atoms with Gasteiger partial charge in [-0.1, -0.05) is 101 Å². The first-order chi connectivity index (χ1) is 21.3. The number of para-hydroxylation sites is 1. The third-order valence-electron chi connectivity index (χ3n) is 6.54. The van der Waals surface area contributed by atoms with Crippen LogP contribution in [0.3, 0.4) is 0 Å². The summed E-state index contributed by atoms with van der Waals surface area (Å²) in [6.07, 6.45) is 29.6. The molecule has 1 aromatic carbocycles. The smallest absolute Gasteiger partial charge is 0.339 e. The summed E-state index contributed by atoms with van der Waals surface area (Å²) >= 11 is 0. The Morgan fingerprint density at radius 1 is 0.818 bits per heavy atom. The van der Waals surface area contributed by atoms with Crippen molar-refractivity contribution in [1.82, 2.24) is 5.32 Å².